The highest BCUT2D eigenvalue weighted by molar-refractivity contribution is 6.23. The number of hydrogen-bond donors (Lipinski definition) is 5. The van der Waals surface area contributed by atoms with Gasteiger partial charge < -0.3 is 46.6 Å². The maximum Gasteiger partial charge on any atom is 0.262 e. The molecule has 5 fully saturated rings. The van der Waals surface area contributed by atoms with Gasteiger partial charge in [-0.2, -0.15) is 0 Å². The molecule has 348 valence electrons. The van der Waals surface area contributed by atoms with E-state index in [2.05, 4.69) is 37.0 Å². The van der Waals surface area contributed by atoms with Gasteiger partial charge in [0.2, 0.25) is 17.7 Å². The first-order chi connectivity index (χ1) is 31.9. The third-order valence-electron chi connectivity index (χ3n) is 14.3. The molecule has 17 nitrogen and oxygen atoms in total. The van der Waals surface area contributed by atoms with Gasteiger partial charge in [-0.3, -0.25) is 39.1 Å². The predicted molar refractivity (Wildman–Crippen MR) is 249 cm³/mol. The van der Waals surface area contributed by atoms with Gasteiger partial charge in [0.25, 0.3) is 11.8 Å². The van der Waals surface area contributed by atoms with Crippen LogP contribution in [-0.2, 0) is 14.4 Å². The quantitative estimate of drug-likeness (QED) is 0.123. The van der Waals surface area contributed by atoms with Crippen LogP contribution in [0.4, 0.5) is 11.4 Å². The Morgan fingerprint density at radius 1 is 0.773 bits per heavy atom. The minimum absolute atomic E-state index is 0.0807. The molecule has 3 unspecified atom stereocenters. The Bertz CT molecular complexity index is 2420. The lowest BCUT2D eigenvalue weighted by Crippen LogP contribution is -2.54. The number of piperazine rings is 2. The lowest BCUT2D eigenvalue weighted by Gasteiger charge is -2.44. The van der Waals surface area contributed by atoms with Crippen LogP contribution in [0.2, 0.25) is 0 Å². The van der Waals surface area contributed by atoms with Crippen molar-refractivity contribution in [3.05, 3.63) is 101 Å². The maximum atomic E-state index is 13.3. The molecule has 8 N–H and O–H groups in total. The Morgan fingerprint density at radius 2 is 1.50 bits per heavy atom. The van der Waals surface area contributed by atoms with Gasteiger partial charge in [-0.1, -0.05) is 18.2 Å². The first-order valence-electron chi connectivity index (χ1n) is 23.3. The molecule has 0 radical (unpaired) electrons. The number of para-hydroxylation sites is 1. The Morgan fingerprint density at radius 3 is 2.21 bits per heavy atom. The van der Waals surface area contributed by atoms with E-state index in [0.29, 0.717) is 49.0 Å². The molecule has 5 amide bonds. The standard InChI is InChI=1S/C49H60N10O7/c50-40(38-6-1-2-7-43(38)60)28-42(46(51)52)57-29-34-9-10-35(30-57)58(34)33-4-3-5-36(26-33)66-25-24-54-20-22-56(23-21-54)45(62)15-8-31-16-18-55(19-17-31)32-11-12-37-39(27-32)49(65)59(48(37)64)41-13-14-44(61)53-47(41)63/h1-7,11-12,26-28,31,34-35,41,60H,8-10,13-25,29-30,50-52H2,(H,53,61,63)/b40-28-. The summed E-state index contributed by atoms with van der Waals surface area (Å²) in [5.41, 5.74) is 23.0. The van der Waals surface area contributed by atoms with Crippen molar-refractivity contribution in [3.63, 3.8) is 0 Å². The number of nitrogens with one attached hydrogen (secondary N) is 1. The summed E-state index contributed by atoms with van der Waals surface area (Å²) < 4.78 is 6.30. The number of carbonyl (C=O) groups is 5. The van der Waals surface area contributed by atoms with E-state index in [0.717, 1.165) is 99.9 Å². The number of imide groups is 2. The molecule has 0 spiro atoms. The van der Waals surface area contributed by atoms with Crippen molar-refractivity contribution in [2.24, 2.45) is 23.1 Å². The largest absolute Gasteiger partial charge is 0.507 e. The number of nitrogens with zero attached hydrogens (tertiary/aromatic N) is 6. The molecular formula is C49H60N10O7. The first-order valence-corrected chi connectivity index (χ1v) is 23.3. The van der Waals surface area contributed by atoms with Crippen molar-refractivity contribution in [1.29, 1.82) is 0 Å². The fourth-order valence-corrected chi connectivity index (χ4v) is 10.7. The zero-order valence-electron chi connectivity index (χ0n) is 37.3. The second-order valence-corrected chi connectivity index (χ2v) is 18.4. The lowest BCUT2D eigenvalue weighted by molar-refractivity contribution is -0.136. The fraction of sp³-hybridized carbons (Fsp3) is 0.449. The Balaban J connectivity index is 0.689. The summed E-state index contributed by atoms with van der Waals surface area (Å²) in [5.74, 6) is -0.280. The zero-order chi connectivity index (χ0) is 46.1. The van der Waals surface area contributed by atoms with Gasteiger partial charge in [0.1, 0.15) is 30.0 Å². The van der Waals surface area contributed by atoms with Gasteiger partial charge in [0, 0.05) is 113 Å². The minimum Gasteiger partial charge on any atom is -0.507 e. The maximum absolute atomic E-state index is 13.3. The zero-order valence-corrected chi connectivity index (χ0v) is 37.3. The third kappa shape index (κ3) is 9.21. The highest BCUT2D eigenvalue weighted by atomic mass is 16.5. The van der Waals surface area contributed by atoms with Crippen LogP contribution in [0.25, 0.3) is 5.70 Å². The molecule has 0 aromatic heterocycles. The fourth-order valence-electron chi connectivity index (χ4n) is 10.7. The molecule has 3 aromatic rings. The highest BCUT2D eigenvalue weighted by Crippen LogP contribution is 2.38. The van der Waals surface area contributed by atoms with Crippen LogP contribution in [0, 0.1) is 5.92 Å². The van der Waals surface area contributed by atoms with Crippen molar-refractivity contribution in [3.8, 4) is 11.5 Å². The molecule has 0 aliphatic carbocycles. The lowest BCUT2D eigenvalue weighted by atomic mass is 9.91. The number of ether oxygens (including phenoxy) is 1. The predicted octanol–water partition coefficient (Wildman–Crippen LogP) is 2.75. The van der Waals surface area contributed by atoms with Gasteiger partial charge >= 0.3 is 0 Å². The van der Waals surface area contributed by atoms with Crippen LogP contribution in [0.5, 0.6) is 11.5 Å². The number of rotatable bonds is 13. The number of piperidine rings is 2. The number of carbonyl (C=O) groups excluding carboxylic acids is 5. The SMILES string of the molecule is NC(N)=C(/C=C(\N)c1ccccc1O)N1CC2CCC(C1)N2c1cccc(OCCN2CCN(C(=O)CCC3CCN(c4ccc5c(c4)C(=O)N(C4CCC(=O)NC4=O)C5=O)CC3)CC2)c1. The molecule has 3 atom stereocenters. The number of hydrogen-bond acceptors (Lipinski definition) is 14. The van der Waals surface area contributed by atoms with Gasteiger partial charge in [-0.25, -0.2) is 0 Å². The molecule has 6 aliphatic heterocycles. The number of anilines is 2. The number of likely N-dealkylation sites (tertiary alicyclic amines) is 1. The van der Waals surface area contributed by atoms with E-state index in [1.165, 1.54) is 0 Å². The van der Waals surface area contributed by atoms with E-state index in [9.17, 15) is 29.1 Å². The molecule has 66 heavy (non-hydrogen) atoms. The van der Waals surface area contributed by atoms with Crippen LogP contribution in [0.3, 0.4) is 0 Å². The smallest absolute Gasteiger partial charge is 0.262 e. The van der Waals surface area contributed by atoms with Gasteiger partial charge in [-0.15, -0.1) is 0 Å². The van der Waals surface area contributed by atoms with E-state index in [-0.39, 0.29) is 53.5 Å². The second kappa shape index (κ2) is 19.0. The monoisotopic (exact) mass is 900 g/mol. The van der Waals surface area contributed by atoms with Crippen LogP contribution in [0.1, 0.15) is 77.6 Å². The number of aromatic hydroxyl groups is 1. The number of nitrogens with two attached hydrogens (primary N) is 3. The van der Waals surface area contributed by atoms with E-state index in [1.807, 2.05) is 29.2 Å². The van der Waals surface area contributed by atoms with E-state index in [4.69, 9.17) is 21.9 Å². The van der Waals surface area contributed by atoms with E-state index < -0.39 is 29.7 Å². The topological polar surface area (TPSA) is 224 Å². The van der Waals surface area contributed by atoms with Gasteiger partial charge in [-0.05, 0) is 93.0 Å². The molecule has 5 saturated heterocycles. The molecular weight excluding hydrogens is 841 g/mol. The van der Waals surface area contributed by atoms with Crippen LogP contribution in [-0.4, -0.2) is 138 Å². The molecule has 0 saturated carbocycles. The molecule has 9 rings (SSSR count). The summed E-state index contributed by atoms with van der Waals surface area (Å²) in [4.78, 5) is 76.1. The van der Waals surface area contributed by atoms with Crippen molar-refractivity contribution in [1.82, 2.24) is 24.9 Å². The first kappa shape index (κ1) is 44.5. The third-order valence-corrected chi connectivity index (χ3v) is 14.3. The molecule has 6 heterocycles. The molecule has 6 aliphatic rings. The van der Waals surface area contributed by atoms with E-state index >= 15 is 0 Å². The number of amides is 5. The number of allylic oxidation sites excluding steroid dienone is 1. The molecule has 2 bridgehead atoms. The molecule has 17 heteroatoms. The number of fused-ring (bicyclic) bond motifs is 3. The Hall–Kier alpha value is -6.75. The van der Waals surface area contributed by atoms with E-state index in [1.54, 1.807) is 36.4 Å². The Labute approximate surface area is 384 Å². The number of phenols is 1. The average molecular weight is 901 g/mol. The summed E-state index contributed by atoms with van der Waals surface area (Å²) in [7, 11) is 0. The summed E-state index contributed by atoms with van der Waals surface area (Å²) in [5, 5.41) is 12.6. The second-order valence-electron chi connectivity index (χ2n) is 18.4. The Kier molecular flexibility index (Phi) is 12.8. The normalized spacial score (nSPS) is 22.8. The average Bonchev–Trinajstić information content (AvgIpc) is 3.73. The number of benzene rings is 3. The summed E-state index contributed by atoms with van der Waals surface area (Å²) >= 11 is 0. The van der Waals surface area contributed by atoms with Crippen LogP contribution < -0.4 is 37.1 Å². The highest BCUT2D eigenvalue weighted by Gasteiger charge is 2.45. The summed E-state index contributed by atoms with van der Waals surface area (Å²) in [6.07, 6.45) is 7.26. The van der Waals surface area contributed by atoms with Crippen molar-refractivity contribution >= 4 is 46.6 Å². The van der Waals surface area contributed by atoms with Gasteiger partial charge in [0.15, 0.2) is 0 Å². The van der Waals surface area contributed by atoms with Gasteiger partial charge in [0.05, 0.1) is 16.8 Å². The summed E-state index contributed by atoms with van der Waals surface area (Å²) in [6, 6.07) is 20.1. The van der Waals surface area contributed by atoms with Crippen LogP contribution >= 0.6 is 0 Å². The number of phenolic OH excluding ortho intramolecular Hbond substituents is 1. The van der Waals surface area contributed by atoms with Crippen molar-refractivity contribution in [2.45, 2.75) is 69.5 Å². The summed E-state index contributed by atoms with van der Waals surface area (Å²) in [6.45, 7) is 7.36. The minimum atomic E-state index is -0.988. The van der Waals surface area contributed by atoms with Crippen molar-refractivity contribution in [2.75, 3.05) is 75.3 Å². The molecule has 3 aromatic carbocycles. The van der Waals surface area contributed by atoms with Crippen molar-refractivity contribution < 1.29 is 33.8 Å². The van der Waals surface area contributed by atoms with Crippen LogP contribution in [0.15, 0.2) is 84.3 Å².